The molecule has 0 spiro atoms. The second-order valence-electron chi connectivity index (χ2n) is 4.95. The zero-order valence-electron chi connectivity index (χ0n) is 7.63. The summed E-state index contributed by atoms with van der Waals surface area (Å²) in [7, 11) is 0. The van der Waals surface area contributed by atoms with Crippen LogP contribution >= 0.6 is 0 Å². The maximum absolute atomic E-state index is 3.38. The highest BCUT2D eigenvalue weighted by Crippen LogP contribution is 2.35. The van der Waals surface area contributed by atoms with Gasteiger partial charge in [-0.25, -0.2) is 0 Å². The van der Waals surface area contributed by atoms with Crippen LogP contribution in [0.4, 0.5) is 0 Å². The summed E-state index contributed by atoms with van der Waals surface area (Å²) in [6.07, 6.45) is 3.04. The molecule has 2 heteroatoms. The minimum atomic E-state index is 1.07. The van der Waals surface area contributed by atoms with Crippen molar-refractivity contribution in [3.63, 3.8) is 0 Å². The number of fused-ring (bicyclic) bond motifs is 2. The Balaban J connectivity index is 0.0000000860. The summed E-state index contributed by atoms with van der Waals surface area (Å²) in [5.74, 6) is 3.27. The summed E-state index contributed by atoms with van der Waals surface area (Å²) in [6, 6.07) is 0. The highest BCUT2D eigenvalue weighted by molar-refractivity contribution is 4.93. The molecule has 12 heavy (non-hydrogen) atoms. The van der Waals surface area contributed by atoms with Crippen LogP contribution in [-0.4, -0.2) is 37.6 Å². The van der Waals surface area contributed by atoms with Crippen LogP contribution in [0.15, 0.2) is 0 Å². The van der Waals surface area contributed by atoms with E-state index in [0.29, 0.717) is 0 Å². The van der Waals surface area contributed by atoms with Gasteiger partial charge in [0.25, 0.3) is 0 Å². The Morgan fingerprint density at radius 2 is 1.25 bits per heavy atom. The molecule has 2 nitrogen and oxygen atoms in total. The Kier molecular flexibility index (Phi) is 1.66. The highest BCUT2D eigenvalue weighted by Gasteiger charge is 2.38. The number of hydrogen-bond acceptors (Lipinski definition) is 2. The van der Waals surface area contributed by atoms with Crippen molar-refractivity contribution in [1.29, 1.82) is 0 Å². The molecular formula is C10H18N2. The molecule has 4 bridgehead atoms. The molecule has 6 fully saturated rings. The first-order valence-electron chi connectivity index (χ1n) is 5.33. The molecule has 5 aliphatic heterocycles. The van der Waals surface area contributed by atoms with Gasteiger partial charge >= 0.3 is 0 Å². The fourth-order valence-electron chi connectivity index (χ4n) is 2.63. The van der Waals surface area contributed by atoms with Crippen LogP contribution in [0.1, 0.15) is 12.8 Å². The van der Waals surface area contributed by atoms with E-state index >= 15 is 0 Å². The summed E-state index contributed by atoms with van der Waals surface area (Å²) in [5, 5.41) is 3.38. The summed E-state index contributed by atoms with van der Waals surface area (Å²) in [6.45, 7) is 6.85. The lowest BCUT2D eigenvalue weighted by atomic mass is 9.72. The third-order valence-electron chi connectivity index (χ3n) is 3.75. The molecule has 0 amide bonds. The zero-order chi connectivity index (χ0) is 7.97. The molecule has 0 unspecified atom stereocenters. The average molecular weight is 166 g/mol. The summed E-state index contributed by atoms with van der Waals surface area (Å²) < 4.78 is 0. The monoisotopic (exact) mass is 166 g/mol. The summed E-state index contributed by atoms with van der Waals surface area (Å²) in [5.41, 5.74) is 0. The van der Waals surface area contributed by atoms with Crippen molar-refractivity contribution in [2.45, 2.75) is 12.8 Å². The molecule has 1 N–H and O–H groups in total. The first-order valence-corrected chi connectivity index (χ1v) is 5.33. The third kappa shape index (κ3) is 1.17. The van der Waals surface area contributed by atoms with E-state index < -0.39 is 0 Å². The number of nitrogens with zero attached hydrogens (tertiary/aromatic N) is 1. The van der Waals surface area contributed by atoms with Gasteiger partial charge in [-0.1, -0.05) is 0 Å². The maximum atomic E-state index is 3.38. The van der Waals surface area contributed by atoms with Crippen LogP contribution in [0, 0.1) is 17.8 Å². The van der Waals surface area contributed by atoms with Gasteiger partial charge in [0.15, 0.2) is 0 Å². The van der Waals surface area contributed by atoms with Gasteiger partial charge in [-0.3, -0.25) is 0 Å². The van der Waals surface area contributed by atoms with Crippen LogP contribution in [0.3, 0.4) is 0 Å². The number of nitrogens with one attached hydrogen (secondary N) is 1. The largest absolute Gasteiger partial charge is 0.316 e. The molecule has 5 heterocycles. The maximum Gasteiger partial charge on any atom is 0.00344 e. The average Bonchev–Trinajstić information content (AvgIpc) is 1.80. The van der Waals surface area contributed by atoms with Crippen molar-refractivity contribution in [1.82, 2.24) is 10.2 Å². The first kappa shape index (κ1) is 7.34. The van der Waals surface area contributed by atoms with Gasteiger partial charge in [-0.2, -0.15) is 0 Å². The Hall–Kier alpha value is -0.0800. The Morgan fingerprint density at radius 1 is 0.833 bits per heavy atom. The van der Waals surface area contributed by atoms with Crippen molar-refractivity contribution in [2.75, 3.05) is 32.7 Å². The Morgan fingerprint density at radius 3 is 1.33 bits per heavy atom. The van der Waals surface area contributed by atoms with E-state index in [0.717, 1.165) is 17.8 Å². The predicted molar refractivity (Wildman–Crippen MR) is 49.0 cm³/mol. The molecule has 0 aromatic heterocycles. The van der Waals surface area contributed by atoms with E-state index in [4.69, 9.17) is 0 Å². The van der Waals surface area contributed by atoms with Crippen LogP contribution < -0.4 is 5.32 Å². The SMILES string of the molecule is C1C2CN1C2.C1NCC2CC1C2. The minimum Gasteiger partial charge on any atom is -0.316 e. The zero-order valence-corrected chi connectivity index (χ0v) is 7.63. The number of piperidine rings is 2. The molecule has 0 aromatic carbocycles. The summed E-state index contributed by atoms with van der Waals surface area (Å²) in [4.78, 5) is 2.45. The second kappa shape index (κ2) is 2.71. The third-order valence-corrected chi connectivity index (χ3v) is 3.75. The van der Waals surface area contributed by atoms with Gasteiger partial charge in [0.2, 0.25) is 0 Å². The molecule has 6 rings (SSSR count). The van der Waals surface area contributed by atoms with Crippen LogP contribution in [0.2, 0.25) is 0 Å². The van der Waals surface area contributed by atoms with E-state index in [9.17, 15) is 0 Å². The van der Waals surface area contributed by atoms with E-state index in [1.807, 2.05) is 0 Å². The number of hydrogen-bond donors (Lipinski definition) is 1. The molecule has 0 radical (unpaired) electrons. The lowest BCUT2D eigenvalue weighted by Crippen LogP contribution is -2.63. The molecule has 5 saturated heterocycles. The Bertz CT molecular complexity index is 141. The first-order chi connectivity index (χ1) is 5.90. The van der Waals surface area contributed by atoms with Crippen molar-refractivity contribution in [3.8, 4) is 0 Å². The fraction of sp³-hybridized carbons (Fsp3) is 1.00. The minimum absolute atomic E-state index is 1.07. The van der Waals surface area contributed by atoms with Crippen molar-refractivity contribution < 1.29 is 0 Å². The van der Waals surface area contributed by atoms with Crippen LogP contribution in [0.5, 0.6) is 0 Å². The molecule has 0 atom stereocenters. The van der Waals surface area contributed by atoms with Gasteiger partial charge in [0.1, 0.15) is 0 Å². The quantitative estimate of drug-likeness (QED) is 0.565. The van der Waals surface area contributed by atoms with Gasteiger partial charge in [0, 0.05) is 19.6 Å². The second-order valence-corrected chi connectivity index (χ2v) is 4.95. The van der Waals surface area contributed by atoms with E-state index in [1.54, 1.807) is 0 Å². The van der Waals surface area contributed by atoms with Crippen molar-refractivity contribution in [3.05, 3.63) is 0 Å². The highest BCUT2D eigenvalue weighted by atomic mass is 15.3. The standard InChI is InChI=1S/C6H11N.C4H7N/c1-5-2-6(1)4-7-3-5;1-4-2-5(1)3-4/h5-7H,1-4H2;4H,1-3H2. The number of rotatable bonds is 0. The normalized spacial score (nSPS) is 52.0. The molecule has 68 valence electrons. The fourth-order valence-corrected chi connectivity index (χ4v) is 2.63. The van der Waals surface area contributed by atoms with Gasteiger partial charge in [-0.15, -0.1) is 0 Å². The molecule has 1 saturated carbocycles. The topological polar surface area (TPSA) is 15.3 Å². The van der Waals surface area contributed by atoms with Crippen LogP contribution in [-0.2, 0) is 0 Å². The predicted octanol–water partition coefficient (Wildman–Crippen LogP) is 0.548. The van der Waals surface area contributed by atoms with E-state index in [-0.39, 0.29) is 0 Å². The molecule has 0 aromatic rings. The van der Waals surface area contributed by atoms with E-state index in [2.05, 4.69) is 10.2 Å². The van der Waals surface area contributed by atoms with Crippen LogP contribution in [0.25, 0.3) is 0 Å². The van der Waals surface area contributed by atoms with Gasteiger partial charge < -0.3 is 10.2 Å². The molecule has 6 aliphatic rings. The lowest BCUT2D eigenvalue weighted by Gasteiger charge is -2.53. The van der Waals surface area contributed by atoms with Gasteiger partial charge in [0.05, 0.1) is 0 Å². The molecule has 1 aliphatic carbocycles. The van der Waals surface area contributed by atoms with Crippen molar-refractivity contribution in [2.24, 2.45) is 17.8 Å². The lowest BCUT2D eigenvalue weighted by molar-refractivity contribution is -0.0457. The summed E-state index contributed by atoms with van der Waals surface area (Å²) >= 11 is 0. The Labute approximate surface area is 74.3 Å². The van der Waals surface area contributed by atoms with E-state index in [1.165, 1.54) is 45.6 Å². The van der Waals surface area contributed by atoms with Gasteiger partial charge in [-0.05, 0) is 43.7 Å². The molecular weight excluding hydrogens is 148 g/mol. The smallest absolute Gasteiger partial charge is 0.00344 e. The van der Waals surface area contributed by atoms with Crippen molar-refractivity contribution >= 4 is 0 Å².